The molecule has 178 valence electrons. The monoisotopic (exact) mass is 465 g/mol. The summed E-state index contributed by atoms with van der Waals surface area (Å²) in [7, 11) is 0. The molecule has 0 aliphatic carbocycles. The standard InChI is InChI=1S/C29H31N5O/c1-18(2)34-28-25(27(30)31-17-32-28)26(33-34)21-11-10-20-15-23(13-12-19(20)14-21)35-16-22-8-6-7-9-24(22)29(3,4)5/h6-15,17-18H,16H2,1-5H3,(H2,30,31,32). The van der Waals surface area contributed by atoms with Crippen LogP contribution in [0.3, 0.4) is 0 Å². The molecule has 2 heterocycles. The van der Waals surface area contributed by atoms with Crippen molar-refractivity contribution in [1.29, 1.82) is 0 Å². The van der Waals surface area contributed by atoms with Gasteiger partial charge in [0, 0.05) is 11.6 Å². The number of fused-ring (bicyclic) bond motifs is 2. The van der Waals surface area contributed by atoms with Gasteiger partial charge in [-0.1, -0.05) is 63.2 Å². The molecule has 0 unspecified atom stereocenters. The Morgan fingerprint density at radius 3 is 2.46 bits per heavy atom. The lowest BCUT2D eigenvalue weighted by Gasteiger charge is -2.23. The number of anilines is 1. The van der Waals surface area contributed by atoms with Crippen molar-refractivity contribution in [3.05, 3.63) is 78.1 Å². The van der Waals surface area contributed by atoms with Crippen LogP contribution in [-0.2, 0) is 12.0 Å². The molecule has 0 bridgehead atoms. The number of nitrogens with zero attached hydrogens (tertiary/aromatic N) is 4. The zero-order chi connectivity index (χ0) is 24.7. The third-order valence-electron chi connectivity index (χ3n) is 6.31. The third kappa shape index (κ3) is 4.32. The maximum Gasteiger partial charge on any atom is 0.164 e. The van der Waals surface area contributed by atoms with Gasteiger partial charge in [0.2, 0.25) is 0 Å². The molecule has 0 aliphatic heterocycles. The van der Waals surface area contributed by atoms with E-state index in [0.717, 1.165) is 38.8 Å². The summed E-state index contributed by atoms with van der Waals surface area (Å²) in [5.41, 5.74) is 11.4. The van der Waals surface area contributed by atoms with Gasteiger partial charge in [-0.05, 0) is 59.4 Å². The van der Waals surface area contributed by atoms with Crippen molar-refractivity contribution < 1.29 is 4.74 Å². The molecule has 0 amide bonds. The first kappa shape index (κ1) is 22.8. The zero-order valence-electron chi connectivity index (χ0n) is 20.9. The topological polar surface area (TPSA) is 78.9 Å². The minimum atomic E-state index is 0.0703. The molecule has 5 aromatic rings. The second kappa shape index (κ2) is 8.69. The predicted molar refractivity (Wildman–Crippen MR) is 143 cm³/mol. The van der Waals surface area contributed by atoms with Gasteiger partial charge in [-0.25, -0.2) is 14.6 Å². The summed E-state index contributed by atoms with van der Waals surface area (Å²) in [4.78, 5) is 8.65. The van der Waals surface area contributed by atoms with Gasteiger partial charge in [-0.2, -0.15) is 5.10 Å². The Hall–Kier alpha value is -3.93. The highest BCUT2D eigenvalue weighted by molar-refractivity contribution is 6.00. The van der Waals surface area contributed by atoms with Crippen molar-refractivity contribution in [1.82, 2.24) is 19.7 Å². The van der Waals surface area contributed by atoms with Gasteiger partial charge >= 0.3 is 0 Å². The van der Waals surface area contributed by atoms with E-state index in [4.69, 9.17) is 15.6 Å². The quantitative estimate of drug-likeness (QED) is 0.313. The van der Waals surface area contributed by atoms with Crippen LogP contribution >= 0.6 is 0 Å². The van der Waals surface area contributed by atoms with E-state index >= 15 is 0 Å². The number of rotatable bonds is 5. The number of nitrogen functional groups attached to an aromatic ring is 1. The fourth-order valence-corrected chi connectivity index (χ4v) is 4.56. The van der Waals surface area contributed by atoms with Crippen LogP contribution in [0, 0.1) is 0 Å². The second-order valence-corrected chi connectivity index (χ2v) is 10.3. The Balaban J connectivity index is 1.46. The summed E-state index contributed by atoms with van der Waals surface area (Å²) in [5.74, 6) is 1.29. The summed E-state index contributed by atoms with van der Waals surface area (Å²) >= 11 is 0. The van der Waals surface area contributed by atoms with E-state index in [2.05, 4.69) is 99.2 Å². The third-order valence-corrected chi connectivity index (χ3v) is 6.31. The Kier molecular flexibility index (Phi) is 5.67. The smallest absolute Gasteiger partial charge is 0.164 e. The number of hydrogen-bond acceptors (Lipinski definition) is 5. The Bertz CT molecular complexity index is 1530. The Morgan fingerprint density at radius 1 is 0.943 bits per heavy atom. The number of aromatic nitrogens is 4. The number of benzene rings is 3. The summed E-state index contributed by atoms with van der Waals surface area (Å²) < 4.78 is 8.11. The molecule has 6 heteroatoms. The molecule has 0 radical (unpaired) electrons. The van der Waals surface area contributed by atoms with E-state index in [1.54, 1.807) is 0 Å². The fourth-order valence-electron chi connectivity index (χ4n) is 4.56. The van der Waals surface area contributed by atoms with Gasteiger partial charge in [-0.3, -0.25) is 0 Å². The van der Waals surface area contributed by atoms with E-state index in [0.29, 0.717) is 12.4 Å². The van der Waals surface area contributed by atoms with Gasteiger partial charge in [0.25, 0.3) is 0 Å². The molecule has 0 fully saturated rings. The van der Waals surface area contributed by atoms with Crippen molar-refractivity contribution in [2.45, 2.75) is 52.7 Å². The molecular formula is C29H31N5O. The van der Waals surface area contributed by atoms with E-state index in [1.165, 1.54) is 17.5 Å². The average molecular weight is 466 g/mol. The second-order valence-electron chi connectivity index (χ2n) is 10.3. The Morgan fingerprint density at radius 2 is 1.69 bits per heavy atom. The summed E-state index contributed by atoms with van der Waals surface area (Å²) in [6.45, 7) is 11.4. The minimum Gasteiger partial charge on any atom is -0.489 e. The van der Waals surface area contributed by atoms with Crippen LogP contribution in [0.2, 0.25) is 0 Å². The Labute approximate surface area is 205 Å². The normalized spacial score (nSPS) is 12.1. The highest BCUT2D eigenvalue weighted by Crippen LogP contribution is 2.34. The molecule has 2 N–H and O–H groups in total. The molecule has 0 atom stereocenters. The summed E-state index contributed by atoms with van der Waals surface area (Å²) in [6.07, 6.45) is 1.49. The molecule has 5 rings (SSSR count). The average Bonchev–Trinajstić information content (AvgIpc) is 3.23. The molecule has 0 saturated heterocycles. The lowest BCUT2D eigenvalue weighted by Crippen LogP contribution is -2.15. The molecular weight excluding hydrogens is 434 g/mol. The van der Waals surface area contributed by atoms with E-state index < -0.39 is 0 Å². The molecule has 0 saturated carbocycles. The number of nitrogens with two attached hydrogens (primary N) is 1. The first-order chi connectivity index (χ1) is 16.7. The van der Waals surface area contributed by atoms with Crippen molar-refractivity contribution >= 4 is 27.6 Å². The first-order valence-corrected chi connectivity index (χ1v) is 12.0. The fraction of sp³-hybridized carbons (Fsp3) is 0.276. The van der Waals surface area contributed by atoms with E-state index in [9.17, 15) is 0 Å². The van der Waals surface area contributed by atoms with Crippen LogP contribution in [0.5, 0.6) is 5.75 Å². The van der Waals surface area contributed by atoms with Gasteiger partial charge in [0.05, 0.1) is 5.39 Å². The number of hydrogen-bond donors (Lipinski definition) is 1. The van der Waals surface area contributed by atoms with Gasteiger partial charge in [-0.15, -0.1) is 0 Å². The number of ether oxygens (including phenoxy) is 1. The lowest BCUT2D eigenvalue weighted by molar-refractivity contribution is 0.303. The van der Waals surface area contributed by atoms with Crippen molar-refractivity contribution in [3.8, 4) is 17.0 Å². The van der Waals surface area contributed by atoms with Crippen LogP contribution in [0.1, 0.15) is 51.8 Å². The van der Waals surface area contributed by atoms with Crippen LogP contribution in [0.15, 0.2) is 67.0 Å². The minimum absolute atomic E-state index is 0.0703. The molecule has 2 aromatic heterocycles. The summed E-state index contributed by atoms with van der Waals surface area (Å²) in [6, 6.07) is 21.1. The molecule has 6 nitrogen and oxygen atoms in total. The van der Waals surface area contributed by atoms with E-state index in [1.807, 2.05) is 10.7 Å². The predicted octanol–water partition coefficient (Wildman–Crippen LogP) is 6.69. The first-order valence-electron chi connectivity index (χ1n) is 12.0. The lowest BCUT2D eigenvalue weighted by atomic mass is 9.84. The SMILES string of the molecule is CC(C)n1nc(-c2ccc3cc(OCc4ccccc4C(C)(C)C)ccc3c2)c2c(N)ncnc21. The zero-order valence-corrected chi connectivity index (χ0v) is 20.9. The van der Waals surface area contributed by atoms with Crippen LogP contribution in [0.4, 0.5) is 5.82 Å². The van der Waals surface area contributed by atoms with Crippen molar-refractivity contribution in [2.24, 2.45) is 0 Å². The van der Waals surface area contributed by atoms with Crippen LogP contribution in [0.25, 0.3) is 33.1 Å². The van der Waals surface area contributed by atoms with E-state index in [-0.39, 0.29) is 11.5 Å². The largest absolute Gasteiger partial charge is 0.489 e. The van der Waals surface area contributed by atoms with Crippen LogP contribution < -0.4 is 10.5 Å². The maximum atomic E-state index is 6.24. The van der Waals surface area contributed by atoms with Crippen molar-refractivity contribution in [2.75, 3.05) is 5.73 Å². The molecule has 35 heavy (non-hydrogen) atoms. The van der Waals surface area contributed by atoms with Gasteiger partial charge in [0.1, 0.15) is 30.2 Å². The molecule has 3 aromatic carbocycles. The van der Waals surface area contributed by atoms with Crippen molar-refractivity contribution in [3.63, 3.8) is 0 Å². The molecule has 0 spiro atoms. The maximum absolute atomic E-state index is 6.24. The van der Waals surface area contributed by atoms with Gasteiger partial charge in [0.15, 0.2) is 5.65 Å². The van der Waals surface area contributed by atoms with Gasteiger partial charge < -0.3 is 10.5 Å². The highest BCUT2D eigenvalue weighted by atomic mass is 16.5. The summed E-state index contributed by atoms with van der Waals surface area (Å²) in [5, 5.41) is 7.84. The van der Waals surface area contributed by atoms with Crippen LogP contribution in [-0.4, -0.2) is 19.7 Å². The highest BCUT2D eigenvalue weighted by Gasteiger charge is 2.19. The molecule has 0 aliphatic rings.